The molecule has 21 heavy (non-hydrogen) atoms. The summed E-state index contributed by atoms with van der Waals surface area (Å²) >= 11 is 8.12. The van der Waals surface area contributed by atoms with E-state index in [1.54, 1.807) is 25.1 Å². The zero-order valence-electron chi connectivity index (χ0n) is 11.3. The lowest BCUT2D eigenvalue weighted by molar-refractivity contribution is 0.0527. The van der Waals surface area contributed by atoms with Crippen LogP contribution in [0.3, 0.4) is 0 Å². The molecule has 0 aromatic heterocycles. The molecular weight excluding hydrogens is 403 g/mol. The summed E-state index contributed by atoms with van der Waals surface area (Å²) in [6.45, 7) is 2.07. The zero-order valence-corrected chi connectivity index (χ0v) is 14.2. The van der Waals surface area contributed by atoms with Crippen LogP contribution in [0.15, 0.2) is 36.4 Å². The van der Waals surface area contributed by atoms with Gasteiger partial charge in [-0.1, -0.05) is 11.6 Å². The number of nitrogen functional groups attached to an aromatic ring is 1. The Balaban J connectivity index is 2.28. The summed E-state index contributed by atoms with van der Waals surface area (Å²) in [4.78, 5) is 11.8. The predicted octanol–water partition coefficient (Wildman–Crippen LogP) is 4.45. The lowest BCUT2D eigenvalue weighted by Gasteiger charge is -2.11. The van der Waals surface area contributed by atoms with E-state index in [0.717, 1.165) is 14.9 Å². The van der Waals surface area contributed by atoms with E-state index in [2.05, 4.69) is 27.9 Å². The first-order valence-electron chi connectivity index (χ1n) is 6.30. The van der Waals surface area contributed by atoms with Crippen molar-refractivity contribution >= 4 is 57.2 Å². The molecule has 2 aromatic rings. The number of anilines is 3. The van der Waals surface area contributed by atoms with Crippen LogP contribution in [0.2, 0.25) is 5.02 Å². The van der Waals surface area contributed by atoms with E-state index in [1.165, 1.54) is 0 Å². The molecule has 0 aliphatic carbocycles. The first kappa shape index (κ1) is 15.9. The molecule has 0 radical (unpaired) electrons. The minimum atomic E-state index is -0.426. The predicted molar refractivity (Wildman–Crippen MR) is 94.3 cm³/mol. The summed E-state index contributed by atoms with van der Waals surface area (Å²) in [6, 6.07) is 10.7. The molecule has 0 amide bonds. The fraction of sp³-hybridized carbons (Fsp3) is 0.133. The maximum Gasteiger partial charge on any atom is 0.340 e. The van der Waals surface area contributed by atoms with Crippen LogP contribution in [0.25, 0.3) is 0 Å². The highest BCUT2D eigenvalue weighted by molar-refractivity contribution is 14.1. The number of carbonyl (C=O) groups is 1. The van der Waals surface area contributed by atoms with Gasteiger partial charge in [0.2, 0.25) is 0 Å². The standard InChI is InChI=1S/C15H14ClIN2O2/c1-2-21-15(20)11-8-10(4-5-13(11)18)19-14-6-3-9(16)7-12(14)17/h3-8,19H,2,18H2,1H3. The van der Waals surface area contributed by atoms with Gasteiger partial charge in [0.05, 0.1) is 17.9 Å². The molecule has 110 valence electrons. The number of benzene rings is 2. The molecule has 3 N–H and O–H groups in total. The van der Waals surface area contributed by atoms with Crippen molar-refractivity contribution in [3.05, 3.63) is 50.6 Å². The minimum Gasteiger partial charge on any atom is -0.462 e. The lowest BCUT2D eigenvalue weighted by Crippen LogP contribution is -2.08. The molecule has 0 aliphatic rings. The number of ether oxygens (including phenoxy) is 1. The fourth-order valence-corrected chi connectivity index (χ4v) is 2.77. The summed E-state index contributed by atoms with van der Waals surface area (Å²) in [5.41, 5.74) is 8.22. The van der Waals surface area contributed by atoms with Gasteiger partial charge < -0.3 is 15.8 Å². The second-order valence-corrected chi connectivity index (χ2v) is 5.87. The molecule has 0 atom stereocenters. The Labute approximate surface area is 141 Å². The normalized spacial score (nSPS) is 10.2. The van der Waals surface area contributed by atoms with Gasteiger partial charge in [-0.05, 0) is 65.9 Å². The largest absolute Gasteiger partial charge is 0.462 e. The summed E-state index contributed by atoms with van der Waals surface area (Å²) in [6.07, 6.45) is 0. The van der Waals surface area contributed by atoms with E-state index in [0.29, 0.717) is 22.9 Å². The molecule has 2 aromatic carbocycles. The van der Waals surface area contributed by atoms with Crippen molar-refractivity contribution in [1.82, 2.24) is 0 Å². The van der Waals surface area contributed by atoms with Gasteiger partial charge in [-0.25, -0.2) is 4.79 Å². The highest BCUT2D eigenvalue weighted by Gasteiger charge is 2.12. The van der Waals surface area contributed by atoms with E-state index >= 15 is 0 Å². The van der Waals surface area contributed by atoms with Crippen LogP contribution in [-0.4, -0.2) is 12.6 Å². The van der Waals surface area contributed by atoms with Crippen molar-refractivity contribution < 1.29 is 9.53 Å². The van der Waals surface area contributed by atoms with Gasteiger partial charge in [0.25, 0.3) is 0 Å². The van der Waals surface area contributed by atoms with Crippen LogP contribution in [0.1, 0.15) is 17.3 Å². The number of hydrogen-bond donors (Lipinski definition) is 2. The van der Waals surface area contributed by atoms with Gasteiger partial charge in [-0.15, -0.1) is 0 Å². The average molecular weight is 417 g/mol. The Morgan fingerprint density at radius 2 is 2.10 bits per heavy atom. The van der Waals surface area contributed by atoms with Crippen LogP contribution < -0.4 is 11.1 Å². The van der Waals surface area contributed by atoms with Crippen molar-refractivity contribution in [1.29, 1.82) is 0 Å². The molecule has 2 rings (SSSR count). The minimum absolute atomic E-state index is 0.311. The summed E-state index contributed by atoms with van der Waals surface area (Å²) < 4.78 is 5.97. The number of nitrogens with two attached hydrogens (primary N) is 1. The van der Waals surface area contributed by atoms with Gasteiger partial charge in [0.1, 0.15) is 0 Å². The number of halogens is 2. The van der Waals surface area contributed by atoms with Gasteiger partial charge >= 0.3 is 5.97 Å². The van der Waals surface area contributed by atoms with Crippen LogP contribution in [0.4, 0.5) is 17.1 Å². The van der Waals surface area contributed by atoms with Crippen LogP contribution in [-0.2, 0) is 4.74 Å². The molecule has 0 bridgehead atoms. The summed E-state index contributed by atoms with van der Waals surface area (Å²) in [5.74, 6) is -0.426. The van der Waals surface area contributed by atoms with Crippen molar-refractivity contribution in [2.45, 2.75) is 6.92 Å². The highest BCUT2D eigenvalue weighted by atomic mass is 127. The third-order valence-corrected chi connectivity index (χ3v) is 3.89. The quantitative estimate of drug-likeness (QED) is 0.439. The molecular formula is C15H14ClIN2O2. The molecule has 0 spiro atoms. The van der Waals surface area contributed by atoms with Crippen molar-refractivity contribution in [2.75, 3.05) is 17.7 Å². The molecule has 0 heterocycles. The fourth-order valence-electron chi connectivity index (χ4n) is 1.77. The summed E-state index contributed by atoms with van der Waals surface area (Å²) in [5, 5.41) is 3.91. The van der Waals surface area contributed by atoms with E-state index < -0.39 is 5.97 Å². The Bertz CT molecular complexity index is 677. The van der Waals surface area contributed by atoms with Crippen molar-refractivity contribution in [3.63, 3.8) is 0 Å². The first-order valence-corrected chi connectivity index (χ1v) is 7.75. The van der Waals surface area contributed by atoms with E-state index in [9.17, 15) is 4.79 Å². The summed E-state index contributed by atoms with van der Waals surface area (Å²) in [7, 11) is 0. The molecule has 0 unspecified atom stereocenters. The van der Waals surface area contributed by atoms with Gasteiger partial charge in [0, 0.05) is 20.0 Å². The molecule has 0 fully saturated rings. The Kier molecular flexibility index (Phi) is 5.30. The van der Waals surface area contributed by atoms with Crippen molar-refractivity contribution in [2.24, 2.45) is 0 Å². The molecule has 6 heteroatoms. The third kappa shape index (κ3) is 4.01. The number of esters is 1. The third-order valence-electron chi connectivity index (χ3n) is 2.76. The zero-order chi connectivity index (χ0) is 15.4. The van der Waals surface area contributed by atoms with Gasteiger partial charge in [0.15, 0.2) is 0 Å². The maximum absolute atomic E-state index is 11.8. The lowest BCUT2D eigenvalue weighted by atomic mass is 10.1. The first-order chi connectivity index (χ1) is 10.0. The second-order valence-electron chi connectivity index (χ2n) is 4.27. The monoisotopic (exact) mass is 416 g/mol. The molecule has 0 saturated heterocycles. The Morgan fingerprint density at radius 3 is 2.76 bits per heavy atom. The number of carbonyl (C=O) groups excluding carboxylic acids is 1. The molecule has 0 saturated carbocycles. The van der Waals surface area contributed by atoms with E-state index in [4.69, 9.17) is 22.1 Å². The van der Waals surface area contributed by atoms with E-state index in [-0.39, 0.29) is 0 Å². The van der Waals surface area contributed by atoms with E-state index in [1.807, 2.05) is 18.2 Å². The Hall–Kier alpha value is -1.47. The number of rotatable bonds is 4. The SMILES string of the molecule is CCOC(=O)c1cc(Nc2ccc(Cl)cc2I)ccc1N. The number of nitrogens with one attached hydrogen (secondary N) is 1. The van der Waals surface area contributed by atoms with Crippen molar-refractivity contribution in [3.8, 4) is 0 Å². The smallest absolute Gasteiger partial charge is 0.340 e. The highest BCUT2D eigenvalue weighted by Crippen LogP contribution is 2.27. The van der Waals surface area contributed by atoms with Gasteiger partial charge in [-0.2, -0.15) is 0 Å². The number of hydrogen-bond acceptors (Lipinski definition) is 4. The molecule has 4 nitrogen and oxygen atoms in total. The average Bonchev–Trinajstić information content (AvgIpc) is 2.44. The van der Waals surface area contributed by atoms with Crippen LogP contribution in [0, 0.1) is 3.57 Å². The topological polar surface area (TPSA) is 64.3 Å². The van der Waals surface area contributed by atoms with Gasteiger partial charge in [-0.3, -0.25) is 0 Å². The Morgan fingerprint density at radius 1 is 1.33 bits per heavy atom. The van der Waals surface area contributed by atoms with Crippen LogP contribution >= 0.6 is 34.2 Å². The van der Waals surface area contributed by atoms with Crippen LogP contribution in [0.5, 0.6) is 0 Å². The second kappa shape index (κ2) is 7.00. The maximum atomic E-state index is 11.8. The molecule has 0 aliphatic heterocycles.